The Hall–Kier alpha value is -0.370. The number of aliphatic hydroxyl groups excluding tert-OH is 1. The maximum Gasteiger partial charge on any atom is 0.0959 e. The van der Waals surface area contributed by atoms with Crippen LogP contribution in [0.5, 0.6) is 0 Å². The number of halogens is 1. The van der Waals surface area contributed by atoms with Crippen molar-refractivity contribution >= 4 is 0 Å². The van der Waals surface area contributed by atoms with Gasteiger partial charge in [-0.05, 0) is 92.3 Å². The van der Waals surface area contributed by atoms with Crippen LogP contribution in [0.15, 0.2) is 11.1 Å². The van der Waals surface area contributed by atoms with E-state index in [2.05, 4.69) is 27.7 Å². The van der Waals surface area contributed by atoms with E-state index in [-0.39, 0.29) is 18.7 Å². The van der Waals surface area contributed by atoms with Gasteiger partial charge in [0, 0.05) is 5.92 Å². The molecule has 2 fully saturated rings. The van der Waals surface area contributed by atoms with Gasteiger partial charge in [-0.15, -0.1) is 0 Å². The Morgan fingerprint density at radius 1 is 1.07 bits per heavy atom. The van der Waals surface area contributed by atoms with Gasteiger partial charge in [0.05, 0.1) is 12.8 Å². The smallest absolute Gasteiger partial charge is 0.0959 e. The van der Waals surface area contributed by atoms with Crippen LogP contribution in [-0.2, 0) is 0 Å². The van der Waals surface area contributed by atoms with Gasteiger partial charge in [-0.3, -0.25) is 4.39 Å². The molecule has 29 heavy (non-hydrogen) atoms. The molecule has 4 aliphatic rings. The lowest BCUT2D eigenvalue weighted by Crippen LogP contribution is -2.46. The standard InChI is InChI=1S/C27H45FO/c1-17(2)6-5-7-18(3)25-10-11-26-24-14-19(16-28)23-15-20(29)8-9-21(23)22(24)12-13-27(25,26)4/h17-20,22,24-26,29H,5-16H2,1-4H3/t18-,19+,20+,22?,24?,25-,26?,27-/m1/s1/i28-1. The van der Waals surface area contributed by atoms with Crippen LogP contribution in [-0.4, -0.2) is 17.9 Å². The molecule has 4 aliphatic carbocycles. The van der Waals surface area contributed by atoms with Crippen LogP contribution in [0.2, 0.25) is 0 Å². The van der Waals surface area contributed by atoms with Gasteiger partial charge in [-0.25, -0.2) is 0 Å². The maximum atomic E-state index is 14.1. The molecule has 0 aromatic rings. The van der Waals surface area contributed by atoms with Gasteiger partial charge in [-0.2, -0.15) is 0 Å². The number of rotatable bonds is 6. The summed E-state index contributed by atoms with van der Waals surface area (Å²) in [6.45, 7) is 9.61. The first-order chi connectivity index (χ1) is 13.8. The molecule has 2 saturated carbocycles. The second kappa shape index (κ2) is 8.64. The molecule has 0 aromatic carbocycles. The molecule has 0 radical (unpaired) electrons. The second-order valence-electron chi connectivity index (χ2n) is 11.9. The number of hydrogen-bond donors (Lipinski definition) is 1. The topological polar surface area (TPSA) is 20.2 Å². The molecule has 0 saturated heterocycles. The molecule has 8 atom stereocenters. The summed E-state index contributed by atoms with van der Waals surface area (Å²) in [5.41, 5.74) is 3.42. The average Bonchev–Trinajstić information content (AvgIpc) is 3.04. The highest BCUT2D eigenvalue weighted by atomic mass is 18.2. The molecular weight excluding hydrogens is 358 g/mol. The van der Waals surface area contributed by atoms with E-state index in [1.807, 2.05) is 0 Å². The summed E-state index contributed by atoms with van der Waals surface area (Å²) in [5.74, 6) is 4.83. The summed E-state index contributed by atoms with van der Waals surface area (Å²) in [4.78, 5) is 0. The number of allylic oxidation sites excluding steroid dienone is 1. The van der Waals surface area contributed by atoms with Gasteiger partial charge in [0.25, 0.3) is 0 Å². The normalized spacial score (nSPS) is 43.1. The van der Waals surface area contributed by atoms with Crippen molar-refractivity contribution in [2.75, 3.05) is 6.67 Å². The Bertz CT molecular complexity index is 610. The largest absolute Gasteiger partial charge is 0.393 e. The second-order valence-corrected chi connectivity index (χ2v) is 11.9. The third-order valence-corrected chi connectivity index (χ3v) is 9.94. The van der Waals surface area contributed by atoms with Gasteiger partial charge < -0.3 is 5.11 Å². The van der Waals surface area contributed by atoms with Crippen LogP contribution in [0.3, 0.4) is 0 Å². The van der Waals surface area contributed by atoms with Gasteiger partial charge in [0.2, 0.25) is 0 Å². The van der Waals surface area contributed by atoms with Crippen LogP contribution >= 0.6 is 0 Å². The molecule has 0 heterocycles. The molecule has 2 heteroatoms. The summed E-state index contributed by atoms with van der Waals surface area (Å²) in [5, 5.41) is 10.2. The zero-order chi connectivity index (χ0) is 20.8. The summed E-state index contributed by atoms with van der Waals surface area (Å²) in [6, 6.07) is 0. The van der Waals surface area contributed by atoms with Gasteiger partial charge in [-0.1, -0.05) is 58.1 Å². The Morgan fingerprint density at radius 2 is 1.86 bits per heavy atom. The summed E-state index contributed by atoms with van der Waals surface area (Å²) in [6.07, 6.45) is 13.1. The molecule has 1 N–H and O–H groups in total. The minimum Gasteiger partial charge on any atom is -0.393 e. The highest BCUT2D eigenvalue weighted by molar-refractivity contribution is 5.29. The van der Waals surface area contributed by atoms with Crippen molar-refractivity contribution in [3.8, 4) is 0 Å². The average molecular weight is 404 g/mol. The Labute approximate surface area is 178 Å². The van der Waals surface area contributed by atoms with E-state index in [0.717, 1.165) is 49.4 Å². The molecule has 0 aliphatic heterocycles. The molecule has 0 bridgehead atoms. The van der Waals surface area contributed by atoms with Gasteiger partial charge in [0.1, 0.15) is 0 Å². The molecule has 166 valence electrons. The van der Waals surface area contributed by atoms with Crippen LogP contribution < -0.4 is 0 Å². The van der Waals surface area contributed by atoms with Crippen LogP contribution in [0.4, 0.5) is 4.39 Å². The zero-order valence-electron chi connectivity index (χ0n) is 19.4. The van der Waals surface area contributed by atoms with E-state index in [9.17, 15) is 9.50 Å². The molecule has 4 rings (SSSR count). The lowest BCUT2D eigenvalue weighted by Gasteiger charge is -2.54. The predicted molar refractivity (Wildman–Crippen MR) is 119 cm³/mol. The quantitative estimate of drug-likeness (QED) is 0.460. The lowest BCUT2D eigenvalue weighted by molar-refractivity contribution is -0.0137. The number of aliphatic hydroxyl groups is 1. The van der Waals surface area contributed by atoms with Crippen LogP contribution in [0, 0.1) is 46.8 Å². The third-order valence-electron chi connectivity index (χ3n) is 9.94. The van der Waals surface area contributed by atoms with Crippen molar-refractivity contribution < 1.29 is 9.50 Å². The highest BCUT2D eigenvalue weighted by Crippen LogP contribution is 2.65. The van der Waals surface area contributed by atoms with Crippen LogP contribution in [0.25, 0.3) is 0 Å². The van der Waals surface area contributed by atoms with E-state index in [0.29, 0.717) is 17.3 Å². The first-order valence-electron chi connectivity index (χ1n) is 12.8. The summed E-state index contributed by atoms with van der Waals surface area (Å²) < 4.78 is 14.1. The number of alkyl halides is 1. The number of fused-ring (bicyclic) bond motifs is 4. The lowest BCUT2D eigenvalue weighted by atomic mass is 9.51. The summed E-state index contributed by atoms with van der Waals surface area (Å²) >= 11 is 0. The predicted octanol–water partition coefficient (Wildman–Crippen LogP) is 7.34. The molecule has 0 spiro atoms. The summed E-state index contributed by atoms with van der Waals surface area (Å²) in [7, 11) is 0. The van der Waals surface area contributed by atoms with E-state index < -0.39 is 0 Å². The van der Waals surface area contributed by atoms with Crippen molar-refractivity contribution in [3.63, 3.8) is 0 Å². The maximum absolute atomic E-state index is 14.1. The van der Waals surface area contributed by atoms with E-state index in [4.69, 9.17) is 0 Å². The molecule has 3 unspecified atom stereocenters. The Kier molecular flexibility index (Phi) is 6.51. The molecule has 1 nitrogen and oxygen atoms in total. The van der Waals surface area contributed by atoms with Gasteiger partial charge in [0.15, 0.2) is 0 Å². The fraction of sp³-hybridized carbons (Fsp3) is 0.926. The SMILES string of the molecule is CC(C)CCC[C@@H](C)[C@H]1CCC2C3C[C@@H](C[18F])C4=C(CC[C@H](O)C4)C3CC[C@@]21C. The zero-order valence-corrected chi connectivity index (χ0v) is 19.4. The van der Waals surface area contributed by atoms with Crippen LogP contribution in [0.1, 0.15) is 98.3 Å². The van der Waals surface area contributed by atoms with Crippen molar-refractivity contribution in [2.24, 2.45) is 46.8 Å². The van der Waals surface area contributed by atoms with Crippen molar-refractivity contribution in [2.45, 2.75) is 104 Å². The molecular formula is C27H45FO. The Balaban J connectivity index is 1.51. The first-order valence-corrected chi connectivity index (χ1v) is 12.8. The van der Waals surface area contributed by atoms with Gasteiger partial charge >= 0.3 is 0 Å². The van der Waals surface area contributed by atoms with Crippen molar-refractivity contribution in [1.29, 1.82) is 0 Å². The van der Waals surface area contributed by atoms with E-state index in [1.54, 1.807) is 5.57 Å². The fourth-order valence-corrected chi connectivity index (χ4v) is 8.52. The minimum absolute atomic E-state index is 0.103. The first kappa shape index (κ1) is 21.8. The third kappa shape index (κ3) is 3.97. The van der Waals surface area contributed by atoms with Crippen molar-refractivity contribution in [3.05, 3.63) is 11.1 Å². The monoisotopic (exact) mass is 403 g/mol. The minimum atomic E-state index is -0.226. The highest BCUT2D eigenvalue weighted by Gasteiger charge is 2.56. The van der Waals surface area contributed by atoms with Crippen molar-refractivity contribution in [1.82, 2.24) is 0 Å². The van der Waals surface area contributed by atoms with E-state index in [1.165, 1.54) is 50.5 Å². The number of hydrogen-bond acceptors (Lipinski definition) is 1. The fourth-order valence-electron chi connectivity index (χ4n) is 8.52. The Morgan fingerprint density at radius 3 is 2.59 bits per heavy atom. The van der Waals surface area contributed by atoms with E-state index >= 15 is 0 Å². The molecule has 0 amide bonds. The molecule has 0 aromatic heterocycles.